The van der Waals surface area contributed by atoms with E-state index in [0.717, 1.165) is 10.5 Å². The van der Waals surface area contributed by atoms with Crippen LogP contribution in [0.2, 0.25) is 0 Å². The van der Waals surface area contributed by atoms with E-state index >= 15 is 0 Å². The van der Waals surface area contributed by atoms with Gasteiger partial charge in [0.05, 0.1) is 24.1 Å². The maximum atomic E-state index is 13.0. The minimum Gasteiger partial charge on any atom is -0.493 e. The second-order valence-corrected chi connectivity index (χ2v) is 8.23. The number of fused-ring (bicyclic) bond motifs is 1. The van der Waals surface area contributed by atoms with Crippen molar-refractivity contribution < 1.29 is 27.5 Å². The number of amides is 2. The number of ether oxygens (including phenoxy) is 2. The van der Waals surface area contributed by atoms with Gasteiger partial charge in [-0.3, -0.25) is 4.79 Å². The van der Waals surface area contributed by atoms with Crippen LogP contribution in [0.3, 0.4) is 0 Å². The summed E-state index contributed by atoms with van der Waals surface area (Å²) in [5.41, 5.74) is 1.46. The highest BCUT2D eigenvalue weighted by Crippen LogP contribution is 2.28. The summed E-state index contributed by atoms with van der Waals surface area (Å²) in [6.07, 6.45) is -0.130. The van der Waals surface area contributed by atoms with Gasteiger partial charge >= 0.3 is 6.09 Å². The predicted octanol–water partition coefficient (Wildman–Crippen LogP) is 1.62. The summed E-state index contributed by atoms with van der Waals surface area (Å²) in [7, 11) is -3.90. The van der Waals surface area contributed by atoms with Crippen molar-refractivity contribution in [2.75, 3.05) is 19.8 Å². The molecule has 2 aromatic rings. The first kappa shape index (κ1) is 18.5. The van der Waals surface area contributed by atoms with Crippen molar-refractivity contribution in [1.29, 1.82) is 0 Å². The molecule has 28 heavy (non-hydrogen) atoms. The highest BCUT2D eigenvalue weighted by Gasteiger charge is 2.35. The molecule has 146 valence electrons. The van der Waals surface area contributed by atoms with Crippen LogP contribution in [0.15, 0.2) is 53.4 Å². The third-order valence-electron chi connectivity index (χ3n) is 4.68. The number of cyclic esters (lactones) is 1. The lowest BCUT2D eigenvalue weighted by molar-refractivity contribution is -0.126. The molecule has 0 spiro atoms. The summed E-state index contributed by atoms with van der Waals surface area (Å²) in [6, 6.07) is 12.7. The standard InChI is InChI=1S/C19H18N2O6S/c22-18-12-27-19(23)21(18)11-16(13-4-2-1-3-5-13)20-28(24,25)15-6-7-17-14(10-15)8-9-26-17/h1-7,10,16,20H,8-9,11-12H2/t16-/m1/s1. The van der Waals surface area contributed by atoms with E-state index in [2.05, 4.69) is 4.72 Å². The van der Waals surface area contributed by atoms with Gasteiger partial charge in [0, 0.05) is 6.42 Å². The predicted molar refractivity (Wildman–Crippen MR) is 98.2 cm³/mol. The molecule has 1 N–H and O–H groups in total. The Balaban J connectivity index is 1.63. The maximum Gasteiger partial charge on any atom is 0.417 e. The van der Waals surface area contributed by atoms with Gasteiger partial charge in [-0.25, -0.2) is 22.8 Å². The van der Waals surface area contributed by atoms with Gasteiger partial charge in [0.1, 0.15) is 5.75 Å². The molecule has 0 unspecified atom stereocenters. The van der Waals surface area contributed by atoms with Crippen LogP contribution < -0.4 is 9.46 Å². The topological polar surface area (TPSA) is 102 Å². The molecule has 2 aliphatic heterocycles. The Labute approximate surface area is 162 Å². The summed E-state index contributed by atoms with van der Waals surface area (Å²) in [5, 5.41) is 0. The molecule has 1 atom stereocenters. The zero-order valence-electron chi connectivity index (χ0n) is 14.8. The van der Waals surface area contributed by atoms with E-state index in [9.17, 15) is 18.0 Å². The molecule has 4 rings (SSSR count). The second-order valence-electron chi connectivity index (χ2n) is 6.51. The van der Waals surface area contributed by atoms with E-state index in [1.165, 1.54) is 6.07 Å². The van der Waals surface area contributed by atoms with Crippen LogP contribution in [0.4, 0.5) is 4.79 Å². The van der Waals surface area contributed by atoms with Crippen LogP contribution in [-0.4, -0.2) is 45.1 Å². The van der Waals surface area contributed by atoms with Crippen LogP contribution in [0.5, 0.6) is 5.75 Å². The molecule has 0 aromatic heterocycles. The van der Waals surface area contributed by atoms with E-state index in [0.29, 0.717) is 24.3 Å². The first-order valence-corrected chi connectivity index (χ1v) is 10.2. The summed E-state index contributed by atoms with van der Waals surface area (Å²) < 4.78 is 38.7. The smallest absolute Gasteiger partial charge is 0.417 e. The van der Waals surface area contributed by atoms with Crippen molar-refractivity contribution in [1.82, 2.24) is 9.62 Å². The molecule has 0 aliphatic carbocycles. The number of carbonyl (C=O) groups excluding carboxylic acids is 2. The maximum absolute atomic E-state index is 13.0. The number of nitrogens with zero attached hydrogens (tertiary/aromatic N) is 1. The fraction of sp³-hybridized carbons (Fsp3) is 0.263. The molecular weight excluding hydrogens is 384 g/mol. The summed E-state index contributed by atoms with van der Waals surface area (Å²) >= 11 is 0. The normalized spacial score (nSPS) is 17.2. The quantitative estimate of drug-likeness (QED) is 0.788. The van der Waals surface area contributed by atoms with E-state index in [1.807, 2.05) is 0 Å². The van der Waals surface area contributed by atoms with Crippen molar-refractivity contribution in [3.8, 4) is 5.75 Å². The first-order chi connectivity index (χ1) is 13.4. The Kier molecular flexibility index (Phi) is 4.78. The van der Waals surface area contributed by atoms with Crippen LogP contribution in [-0.2, 0) is 26.0 Å². The van der Waals surface area contributed by atoms with Crippen molar-refractivity contribution in [2.45, 2.75) is 17.4 Å². The Morgan fingerprint density at radius 1 is 1.07 bits per heavy atom. The van der Waals surface area contributed by atoms with E-state index < -0.39 is 28.1 Å². The third-order valence-corrected chi connectivity index (χ3v) is 6.15. The number of sulfonamides is 1. The van der Waals surface area contributed by atoms with Crippen molar-refractivity contribution in [2.24, 2.45) is 0 Å². The van der Waals surface area contributed by atoms with Crippen LogP contribution >= 0.6 is 0 Å². The molecule has 0 bridgehead atoms. The van der Waals surface area contributed by atoms with E-state index in [4.69, 9.17) is 9.47 Å². The Morgan fingerprint density at radius 2 is 1.86 bits per heavy atom. The number of hydrogen-bond acceptors (Lipinski definition) is 6. The van der Waals surface area contributed by atoms with E-state index in [-0.39, 0.29) is 18.0 Å². The second kappa shape index (κ2) is 7.25. The van der Waals surface area contributed by atoms with Crippen molar-refractivity contribution in [3.05, 3.63) is 59.7 Å². The molecule has 8 nitrogen and oxygen atoms in total. The molecule has 1 saturated heterocycles. The van der Waals surface area contributed by atoms with Gasteiger partial charge < -0.3 is 9.47 Å². The van der Waals surface area contributed by atoms with Crippen LogP contribution in [0.25, 0.3) is 0 Å². The van der Waals surface area contributed by atoms with Crippen molar-refractivity contribution in [3.63, 3.8) is 0 Å². The average Bonchev–Trinajstić information content (AvgIpc) is 3.29. The Morgan fingerprint density at radius 3 is 2.57 bits per heavy atom. The van der Waals surface area contributed by atoms with Gasteiger partial charge in [0.25, 0.3) is 5.91 Å². The number of imide groups is 1. The van der Waals surface area contributed by atoms with Gasteiger partial charge in [-0.15, -0.1) is 0 Å². The van der Waals surface area contributed by atoms with Crippen LogP contribution in [0, 0.1) is 0 Å². The summed E-state index contributed by atoms with van der Waals surface area (Å²) in [6.45, 7) is 0.0327. The third kappa shape index (κ3) is 3.58. The van der Waals surface area contributed by atoms with Gasteiger partial charge in [0.15, 0.2) is 6.61 Å². The number of nitrogens with one attached hydrogen (secondary N) is 1. The van der Waals surface area contributed by atoms with Crippen LogP contribution in [0.1, 0.15) is 17.2 Å². The molecule has 0 radical (unpaired) electrons. The SMILES string of the molecule is O=C1COC(=O)N1C[C@@H](NS(=O)(=O)c1ccc2c(c1)CCO2)c1ccccc1. The first-order valence-electron chi connectivity index (χ1n) is 8.74. The molecule has 2 amide bonds. The molecular formula is C19H18N2O6S. The molecule has 9 heteroatoms. The van der Waals surface area contributed by atoms with Gasteiger partial charge in [0.2, 0.25) is 10.0 Å². The monoisotopic (exact) mass is 402 g/mol. The lowest BCUT2D eigenvalue weighted by Gasteiger charge is -2.22. The molecule has 2 heterocycles. The minimum absolute atomic E-state index is 0.105. The number of rotatable bonds is 6. The van der Waals surface area contributed by atoms with E-state index in [1.54, 1.807) is 42.5 Å². The highest BCUT2D eigenvalue weighted by molar-refractivity contribution is 7.89. The fourth-order valence-corrected chi connectivity index (χ4v) is 4.49. The van der Waals surface area contributed by atoms with Gasteiger partial charge in [-0.2, -0.15) is 0 Å². The molecule has 0 saturated carbocycles. The summed E-state index contributed by atoms with van der Waals surface area (Å²) in [4.78, 5) is 24.7. The molecule has 1 fully saturated rings. The lowest BCUT2D eigenvalue weighted by Crippen LogP contribution is -2.40. The number of hydrogen-bond donors (Lipinski definition) is 1. The number of benzene rings is 2. The zero-order chi connectivity index (χ0) is 19.7. The van der Waals surface area contributed by atoms with Crippen molar-refractivity contribution >= 4 is 22.0 Å². The largest absolute Gasteiger partial charge is 0.493 e. The molecule has 2 aliphatic rings. The Hall–Kier alpha value is -2.91. The Bertz CT molecular complexity index is 1010. The average molecular weight is 402 g/mol. The zero-order valence-corrected chi connectivity index (χ0v) is 15.6. The minimum atomic E-state index is -3.90. The van der Waals surface area contributed by atoms with Gasteiger partial charge in [-0.05, 0) is 29.3 Å². The fourth-order valence-electron chi connectivity index (χ4n) is 3.22. The lowest BCUT2D eigenvalue weighted by atomic mass is 10.1. The highest BCUT2D eigenvalue weighted by atomic mass is 32.2. The number of carbonyl (C=O) groups is 2. The summed E-state index contributed by atoms with van der Waals surface area (Å²) in [5.74, 6) is 0.184. The molecule has 2 aromatic carbocycles. The van der Waals surface area contributed by atoms with Gasteiger partial charge in [-0.1, -0.05) is 30.3 Å².